The SMILES string of the molecule is O=COC(=O)c1cccc2c(C(=O)O)c(C(=O)O)ccc12. The van der Waals surface area contributed by atoms with Crippen molar-refractivity contribution in [1.82, 2.24) is 0 Å². The molecule has 2 rings (SSSR count). The zero-order chi connectivity index (χ0) is 15.6. The van der Waals surface area contributed by atoms with Gasteiger partial charge in [0.05, 0.1) is 16.7 Å². The fourth-order valence-electron chi connectivity index (χ4n) is 2.05. The number of benzene rings is 2. The van der Waals surface area contributed by atoms with Crippen LogP contribution in [0.1, 0.15) is 31.1 Å². The zero-order valence-corrected chi connectivity index (χ0v) is 10.4. The lowest BCUT2D eigenvalue weighted by Crippen LogP contribution is -2.10. The van der Waals surface area contributed by atoms with Crippen LogP contribution in [-0.4, -0.2) is 34.6 Å². The largest absolute Gasteiger partial charge is 0.478 e. The predicted octanol–water partition coefficient (Wildman–Crippen LogP) is 1.55. The third-order valence-electron chi connectivity index (χ3n) is 2.88. The van der Waals surface area contributed by atoms with Crippen molar-refractivity contribution in [3.8, 4) is 0 Å². The normalized spacial score (nSPS) is 10.1. The molecule has 0 heterocycles. The van der Waals surface area contributed by atoms with E-state index in [9.17, 15) is 24.3 Å². The molecular formula is C14H8O7. The van der Waals surface area contributed by atoms with Crippen LogP contribution in [-0.2, 0) is 9.53 Å². The van der Waals surface area contributed by atoms with Crippen LogP contribution in [0.25, 0.3) is 10.8 Å². The molecule has 2 N–H and O–H groups in total. The number of aromatic carboxylic acids is 2. The van der Waals surface area contributed by atoms with Gasteiger partial charge in [-0.2, -0.15) is 0 Å². The average molecular weight is 288 g/mol. The molecule has 0 saturated heterocycles. The first-order chi connectivity index (χ1) is 9.97. The van der Waals surface area contributed by atoms with Gasteiger partial charge in [0, 0.05) is 0 Å². The first kappa shape index (κ1) is 14.2. The summed E-state index contributed by atoms with van der Waals surface area (Å²) in [6.07, 6.45) is 0. The van der Waals surface area contributed by atoms with Gasteiger partial charge in [-0.3, -0.25) is 4.79 Å². The summed E-state index contributed by atoms with van der Waals surface area (Å²) in [5.74, 6) is -3.77. The number of rotatable bonds is 4. The molecule has 7 heteroatoms. The van der Waals surface area contributed by atoms with Gasteiger partial charge in [0.1, 0.15) is 0 Å². The second kappa shape index (κ2) is 5.41. The Morgan fingerprint density at radius 2 is 1.62 bits per heavy atom. The third-order valence-corrected chi connectivity index (χ3v) is 2.88. The van der Waals surface area contributed by atoms with Gasteiger partial charge in [0.15, 0.2) is 0 Å². The standard InChI is InChI=1S/C14H8O7/c15-6-21-14(20)9-3-1-2-8-7(9)4-5-10(12(16)17)11(8)13(18)19/h1-6H,(H,16,17)(H,18,19). The summed E-state index contributed by atoms with van der Waals surface area (Å²) in [7, 11) is 0. The Kier molecular flexibility index (Phi) is 3.66. The summed E-state index contributed by atoms with van der Waals surface area (Å²) in [4.78, 5) is 44.3. The van der Waals surface area contributed by atoms with Gasteiger partial charge in [-0.15, -0.1) is 0 Å². The molecule has 0 aliphatic carbocycles. The highest BCUT2D eigenvalue weighted by Gasteiger charge is 2.21. The second-order valence-corrected chi connectivity index (χ2v) is 4.00. The quantitative estimate of drug-likeness (QED) is 0.497. The molecule has 0 fully saturated rings. The van der Waals surface area contributed by atoms with Crippen LogP contribution in [0.3, 0.4) is 0 Å². The summed E-state index contributed by atoms with van der Waals surface area (Å²) in [5, 5.41) is 18.5. The molecule has 7 nitrogen and oxygen atoms in total. The van der Waals surface area contributed by atoms with Crippen molar-refractivity contribution >= 4 is 35.2 Å². The van der Waals surface area contributed by atoms with Gasteiger partial charge >= 0.3 is 24.4 Å². The van der Waals surface area contributed by atoms with Crippen molar-refractivity contribution in [2.75, 3.05) is 0 Å². The van der Waals surface area contributed by atoms with Crippen molar-refractivity contribution < 1.29 is 34.1 Å². The Morgan fingerprint density at radius 1 is 0.905 bits per heavy atom. The molecule has 0 aliphatic heterocycles. The maximum Gasteiger partial charge on any atom is 0.346 e. The monoisotopic (exact) mass is 288 g/mol. The molecular weight excluding hydrogens is 280 g/mol. The summed E-state index contributed by atoms with van der Waals surface area (Å²) < 4.78 is 4.23. The number of carboxylic acid groups (broad SMARTS) is 2. The van der Waals surface area contributed by atoms with Gasteiger partial charge in [-0.05, 0) is 22.9 Å². The fraction of sp³-hybridized carbons (Fsp3) is 0. The van der Waals surface area contributed by atoms with E-state index < -0.39 is 29.0 Å². The fourth-order valence-corrected chi connectivity index (χ4v) is 2.05. The number of esters is 1. The molecule has 2 aromatic rings. The number of carboxylic acids is 2. The third kappa shape index (κ3) is 2.44. The maximum atomic E-state index is 11.6. The van der Waals surface area contributed by atoms with E-state index in [1.54, 1.807) is 0 Å². The van der Waals surface area contributed by atoms with Crippen molar-refractivity contribution in [2.24, 2.45) is 0 Å². The molecule has 0 unspecified atom stereocenters. The van der Waals surface area contributed by atoms with Crippen LogP contribution >= 0.6 is 0 Å². The molecule has 0 atom stereocenters. The van der Waals surface area contributed by atoms with Gasteiger partial charge in [0.2, 0.25) is 0 Å². The molecule has 0 amide bonds. The van der Waals surface area contributed by atoms with Crippen LogP contribution in [0.2, 0.25) is 0 Å². The van der Waals surface area contributed by atoms with Crippen LogP contribution in [0.15, 0.2) is 30.3 Å². The van der Waals surface area contributed by atoms with E-state index in [0.29, 0.717) is 0 Å². The predicted molar refractivity (Wildman–Crippen MR) is 69.3 cm³/mol. The number of carbonyl (C=O) groups excluding carboxylic acids is 2. The maximum absolute atomic E-state index is 11.6. The van der Waals surface area contributed by atoms with E-state index in [1.165, 1.54) is 24.3 Å². The first-order valence-electron chi connectivity index (χ1n) is 5.64. The van der Waals surface area contributed by atoms with Crippen LogP contribution < -0.4 is 0 Å². The summed E-state index contributed by atoms with van der Waals surface area (Å²) in [5.41, 5.74) is -0.851. The number of fused-ring (bicyclic) bond motifs is 1. The molecule has 106 valence electrons. The highest BCUT2D eigenvalue weighted by molar-refractivity contribution is 6.15. The minimum Gasteiger partial charge on any atom is -0.478 e. The number of carbonyl (C=O) groups is 4. The summed E-state index contributed by atoms with van der Waals surface area (Å²) in [6, 6.07) is 6.49. The van der Waals surface area contributed by atoms with Crippen LogP contribution in [0.5, 0.6) is 0 Å². The van der Waals surface area contributed by atoms with E-state index in [-0.39, 0.29) is 22.8 Å². The number of ether oxygens (including phenoxy) is 1. The molecule has 0 spiro atoms. The van der Waals surface area contributed by atoms with E-state index in [4.69, 9.17) is 5.11 Å². The first-order valence-corrected chi connectivity index (χ1v) is 5.64. The van der Waals surface area contributed by atoms with E-state index >= 15 is 0 Å². The van der Waals surface area contributed by atoms with Gasteiger partial charge in [-0.25, -0.2) is 14.4 Å². The lowest BCUT2D eigenvalue weighted by Gasteiger charge is -2.09. The molecule has 0 aromatic heterocycles. The van der Waals surface area contributed by atoms with E-state index in [0.717, 1.165) is 6.07 Å². The van der Waals surface area contributed by atoms with Crippen LogP contribution in [0.4, 0.5) is 0 Å². The highest BCUT2D eigenvalue weighted by atomic mass is 16.6. The number of hydrogen-bond acceptors (Lipinski definition) is 5. The Labute approximate surface area is 117 Å². The molecule has 0 radical (unpaired) electrons. The summed E-state index contributed by atoms with van der Waals surface area (Å²) in [6.45, 7) is -0.0368. The Hall–Kier alpha value is -3.22. The van der Waals surface area contributed by atoms with Gasteiger partial charge < -0.3 is 14.9 Å². The minimum atomic E-state index is -1.43. The average Bonchev–Trinajstić information content (AvgIpc) is 2.45. The minimum absolute atomic E-state index is 0.0287. The summed E-state index contributed by atoms with van der Waals surface area (Å²) >= 11 is 0. The molecule has 2 aromatic carbocycles. The lowest BCUT2D eigenvalue weighted by molar-refractivity contribution is -0.123. The number of hydrogen-bond donors (Lipinski definition) is 2. The van der Waals surface area contributed by atoms with Crippen molar-refractivity contribution in [3.63, 3.8) is 0 Å². The van der Waals surface area contributed by atoms with Crippen molar-refractivity contribution in [2.45, 2.75) is 0 Å². The molecule has 0 saturated carbocycles. The Morgan fingerprint density at radius 3 is 2.19 bits per heavy atom. The van der Waals surface area contributed by atoms with Gasteiger partial charge in [-0.1, -0.05) is 18.2 Å². The molecule has 0 aliphatic rings. The van der Waals surface area contributed by atoms with E-state index in [1.807, 2.05) is 0 Å². The second-order valence-electron chi connectivity index (χ2n) is 4.00. The zero-order valence-electron chi connectivity index (χ0n) is 10.4. The van der Waals surface area contributed by atoms with Crippen LogP contribution in [0, 0.1) is 0 Å². The van der Waals surface area contributed by atoms with Crippen molar-refractivity contribution in [1.29, 1.82) is 0 Å². The highest BCUT2D eigenvalue weighted by Crippen LogP contribution is 2.26. The van der Waals surface area contributed by atoms with Gasteiger partial charge in [0.25, 0.3) is 0 Å². The topological polar surface area (TPSA) is 118 Å². The van der Waals surface area contributed by atoms with Crippen molar-refractivity contribution in [3.05, 3.63) is 47.0 Å². The van der Waals surface area contributed by atoms with E-state index in [2.05, 4.69) is 4.74 Å². The molecule has 0 bridgehead atoms. The Balaban J connectivity index is 2.83. The Bertz CT molecular complexity index is 776. The smallest absolute Gasteiger partial charge is 0.346 e. The lowest BCUT2D eigenvalue weighted by atomic mass is 9.96. The molecule has 21 heavy (non-hydrogen) atoms.